The van der Waals surface area contributed by atoms with Gasteiger partial charge in [-0.15, -0.1) is 0 Å². The van der Waals surface area contributed by atoms with Gasteiger partial charge in [-0.1, -0.05) is 18.9 Å². The molecule has 2 heterocycles. The minimum Gasteiger partial charge on any atom is -0.492 e. The molecule has 1 fully saturated rings. The molecule has 1 aliphatic carbocycles. The molecule has 0 radical (unpaired) electrons. The molecule has 7 heteroatoms. The number of nitrogen functional groups attached to an aromatic ring is 1. The van der Waals surface area contributed by atoms with Crippen molar-refractivity contribution in [1.82, 2.24) is 9.55 Å². The van der Waals surface area contributed by atoms with Crippen molar-refractivity contribution in [3.05, 3.63) is 58.4 Å². The highest BCUT2D eigenvalue weighted by Gasteiger charge is 2.26. The van der Waals surface area contributed by atoms with Crippen LogP contribution >= 0.6 is 0 Å². The molecule has 1 aliphatic rings. The van der Waals surface area contributed by atoms with Crippen LogP contribution < -0.4 is 21.2 Å². The lowest BCUT2D eigenvalue weighted by atomic mass is 10.1. The fourth-order valence-corrected chi connectivity index (χ4v) is 4.38. The van der Waals surface area contributed by atoms with Gasteiger partial charge >= 0.3 is 0 Å². The molecule has 0 saturated heterocycles. The van der Waals surface area contributed by atoms with Crippen molar-refractivity contribution < 1.29 is 9.13 Å². The predicted octanol–water partition coefficient (Wildman–Crippen LogP) is 4.29. The average molecular weight is 410 g/mol. The summed E-state index contributed by atoms with van der Waals surface area (Å²) in [6.07, 6.45) is 9.39. The lowest BCUT2D eigenvalue weighted by Gasteiger charge is -2.23. The first-order valence-electron chi connectivity index (χ1n) is 10.5. The maximum atomic E-state index is 15.2. The predicted molar refractivity (Wildman–Crippen MR) is 118 cm³/mol. The van der Waals surface area contributed by atoms with Gasteiger partial charge in [0.1, 0.15) is 5.69 Å². The van der Waals surface area contributed by atoms with Crippen molar-refractivity contribution in [2.24, 2.45) is 0 Å². The van der Waals surface area contributed by atoms with Crippen molar-refractivity contribution in [3.8, 4) is 5.75 Å². The molecule has 2 aromatic heterocycles. The van der Waals surface area contributed by atoms with Gasteiger partial charge in [-0.3, -0.25) is 9.78 Å². The van der Waals surface area contributed by atoms with Crippen molar-refractivity contribution in [2.45, 2.75) is 44.6 Å². The highest BCUT2D eigenvalue weighted by atomic mass is 19.1. The Balaban J connectivity index is 1.71. The molecule has 0 spiro atoms. The zero-order valence-electron chi connectivity index (χ0n) is 17.2. The molecule has 0 bridgehead atoms. The SMILES string of the molecule is COc1c(NCCCc2ccccn2)c(F)c(N)c2c(=O)ccn(C3CCCC3)c12. The summed E-state index contributed by atoms with van der Waals surface area (Å²) in [7, 11) is 1.50. The monoisotopic (exact) mass is 410 g/mol. The van der Waals surface area contributed by atoms with Crippen molar-refractivity contribution in [1.29, 1.82) is 0 Å². The number of benzene rings is 1. The number of rotatable bonds is 7. The molecule has 0 amide bonds. The smallest absolute Gasteiger partial charge is 0.191 e. The summed E-state index contributed by atoms with van der Waals surface area (Å²) in [5.74, 6) is -0.308. The second-order valence-electron chi connectivity index (χ2n) is 7.74. The van der Waals surface area contributed by atoms with Crippen LogP contribution in [0.3, 0.4) is 0 Å². The summed E-state index contributed by atoms with van der Waals surface area (Å²) >= 11 is 0. The summed E-state index contributed by atoms with van der Waals surface area (Å²) in [5.41, 5.74) is 7.45. The number of hydrogen-bond donors (Lipinski definition) is 2. The van der Waals surface area contributed by atoms with Gasteiger partial charge in [0.05, 0.1) is 23.7 Å². The Morgan fingerprint density at radius 2 is 2.10 bits per heavy atom. The molecule has 0 unspecified atom stereocenters. The zero-order chi connectivity index (χ0) is 21.1. The van der Waals surface area contributed by atoms with Gasteiger partial charge in [-0.25, -0.2) is 4.39 Å². The fourth-order valence-electron chi connectivity index (χ4n) is 4.38. The molecule has 30 heavy (non-hydrogen) atoms. The number of nitrogens with two attached hydrogens (primary N) is 1. The number of pyridine rings is 2. The molecular weight excluding hydrogens is 383 g/mol. The Morgan fingerprint density at radius 3 is 2.80 bits per heavy atom. The minimum atomic E-state index is -0.640. The van der Waals surface area contributed by atoms with E-state index in [1.807, 2.05) is 22.8 Å². The topological polar surface area (TPSA) is 82.2 Å². The highest BCUT2D eigenvalue weighted by Crippen LogP contribution is 2.42. The lowest BCUT2D eigenvalue weighted by molar-refractivity contribution is 0.412. The van der Waals surface area contributed by atoms with E-state index in [-0.39, 0.29) is 28.2 Å². The second kappa shape index (κ2) is 8.73. The van der Waals surface area contributed by atoms with E-state index < -0.39 is 5.82 Å². The van der Waals surface area contributed by atoms with Gasteiger partial charge in [-0.05, 0) is 37.8 Å². The van der Waals surface area contributed by atoms with Gasteiger partial charge in [-0.2, -0.15) is 0 Å². The summed E-state index contributed by atoms with van der Waals surface area (Å²) in [4.78, 5) is 16.9. The van der Waals surface area contributed by atoms with Crippen molar-refractivity contribution >= 4 is 22.3 Å². The lowest BCUT2D eigenvalue weighted by Crippen LogP contribution is -2.17. The molecule has 158 valence electrons. The number of halogens is 1. The Morgan fingerprint density at radius 1 is 1.30 bits per heavy atom. The number of aromatic nitrogens is 2. The average Bonchev–Trinajstić information content (AvgIpc) is 3.30. The largest absolute Gasteiger partial charge is 0.492 e. The van der Waals surface area contributed by atoms with Crippen LogP contribution in [0.25, 0.3) is 10.9 Å². The van der Waals surface area contributed by atoms with Gasteiger partial charge in [0.15, 0.2) is 17.0 Å². The van der Waals surface area contributed by atoms with Gasteiger partial charge in [0, 0.05) is 36.7 Å². The Hall–Kier alpha value is -3.09. The molecule has 6 nitrogen and oxygen atoms in total. The van der Waals surface area contributed by atoms with E-state index in [0.29, 0.717) is 17.8 Å². The van der Waals surface area contributed by atoms with Gasteiger partial charge in [0.2, 0.25) is 0 Å². The second-order valence-corrected chi connectivity index (χ2v) is 7.74. The van der Waals surface area contributed by atoms with Crippen LogP contribution in [0, 0.1) is 5.82 Å². The zero-order valence-corrected chi connectivity index (χ0v) is 17.2. The first-order valence-corrected chi connectivity index (χ1v) is 10.5. The molecule has 0 atom stereocenters. The first-order chi connectivity index (χ1) is 14.6. The van der Waals surface area contributed by atoms with E-state index in [9.17, 15) is 4.79 Å². The maximum Gasteiger partial charge on any atom is 0.191 e. The minimum absolute atomic E-state index is 0.129. The number of methoxy groups -OCH3 is 1. The molecule has 3 aromatic rings. The molecule has 1 aromatic carbocycles. The number of anilines is 2. The molecular formula is C23H27FN4O2. The summed E-state index contributed by atoms with van der Waals surface area (Å²) in [6.45, 7) is 0.523. The number of hydrogen-bond acceptors (Lipinski definition) is 5. The molecule has 3 N–H and O–H groups in total. The van der Waals surface area contributed by atoms with E-state index in [4.69, 9.17) is 10.5 Å². The van der Waals surface area contributed by atoms with Crippen LogP contribution in [0.2, 0.25) is 0 Å². The van der Waals surface area contributed by atoms with E-state index in [2.05, 4.69) is 10.3 Å². The van der Waals surface area contributed by atoms with Gasteiger partial charge < -0.3 is 20.4 Å². The number of nitrogens with zero attached hydrogens (tertiary/aromatic N) is 2. The number of fused-ring (bicyclic) bond motifs is 1. The Kier molecular flexibility index (Phi) is 5.88. The fraction of sp³-hybridized carbons (Fsp3) is 0.391. The number of ether oxygens (including phenoxy) is 1. The number of aryl methyl sites for hydroxylation is 1. The quantitative estimate of drug-likeness (QED) is 0.449. The van der Waals surface area contributed by atoms with Crippen LogP contribution in [0.15, 0.2) is 41.5 Å². The third-order valence-corrected chi connectivity index (χ3v) is 5.86. The highest BCUT2D eigenvalue weighted by molar-refractivity contribution is 6.00. The Labute approximate surface area is 174 Å². The summed E-state index contributed by atoms with van der Waals surface area (Å²) < 4.78 is 22.9. The molecule has 1 saturated carbocycles. The summed E-state index contributed by atoms with van der Waals surface area (Å²) in [5, 5.41) is 3.34. The Bertz CT molecular complexity index is 1090. The third kappa shape index (κ3) is 3.72. The van der Waals surface area contributed by atoms with Crippen LogP contribution in [0.5, 0.6) is 5.75 Å². The standard InChI is InChI=1S/C23H27FN4O2/c1-30-23-21(27-13-6-8-15-7-4-5-12-26-15)19(24)20(25)18-17(29)11-14-28(22(18)23)16-9-2-3-10-16/h4-5,7,11-12,14,16,27H,2-3,6,8-10,13,25H2,1H3. The number of nitrogens with one attached hydrogen (secondary N) is 1. The van der Waals surface area contributed by atoms with E-state index in [1.54, 1.807) is 12.4 Å². The van der Waals surface area contributed by atoms with Crippen molar-refractivity contribution in [3.63, 3.8) is 0 Å². The van der Waals surface area contributed by atoms with E-state index in [0.717, 1.165) is 44.2 Å². The molecule has 0 aliphatic heterocycles. The van der Waals surface area contributed by atoms with Gasteiger partial charge in [0.25, 0.3) is 0 Å². The molecule has 4 rings (SSSR count). The van der Waals surface area contributed by atoms with Crippen molar-refractivity contribution in [2.75, 3.05) is 24.7 Å². The van der Waals surface area contributed by atoms with Crippen LogP contribution in [-0.2, 0) is 6.42 Å². The normalized spacial score (nSPS) is 14.3. The van der Waals surface area contributed by atoms with E-state index >= 15 is 4.39 Å². The maximum absolute atomic E-state index is 15.2. The van der Waals surface area contributed by atoms with Crippen LogP contribution in [0.1, 0.15) is 43.8 Å². The van der Waals surface area contributed by atoms with E-state index in [1.165, 1.54) is 13.2 Å². The van der Waals surface area contributed by atoms with Crippen LogP contribution in [0.4, 0.5) is 15.8 Å². The van der Waals surface area contributed by atoms with Crippen LogP contribution in [-0.4, -0.2) is 23.2 Å². The first kappa shape index (κ1) is 20.2. The summed E-state index contributed by atoms with van der Waals surface area (Å²) in [6, 6.07) is 7.52. The third-order valence-electron chi connectivity index (χ3n) is 5.86.